The van der Waals surface area contributed by atoms with Crippen LogP contribution >= 0.6 is 0 Å². The molecule has 2 nitrogen and oxygen atoms in total. The van der Waals surface area contributed by atoms with E-state index in [0.29, 0.717) is 0 Å². The Hall–Kier alpha value is -1.18. The van der Waals surface area contributed by atoms with Gasteiger partial charge in [0.15, 0.2) is 0 Å². The zero-order valence-corrected chi connectivity index (χ0v) is 7.41. The Morgan fingerprint density at radius 2 is 1.92 bits per heavy atom. The summed E-state index contributed by atoms with van der Waals surface area (Å²) in [5.41, 5.74) is 2.39. The first-order valence-corrected chi connectivity index (χ1v) is 4.29. The first kappa shape index (κ1) is 7.47. The van der Waals surface area contributed by atoms with Crippen LogP contribution in [0.5, 0.6) is 0 Å². The maximum absolute atomic E-state index is 4.04. The van der Waals surface area contributed by atoms with Crippen molar-refractivity contribution in [3.63, 3.8) is 0 Å². The largest absolute Gasteiger partial charge is 0.213 e. The molecule has 0 radical (unpaired) electrons. The van der Waals surface area contributed by atoms with Gasteiger partial charge in [-0.1, -0.05) is 31.2 Å². The van der Waals surface area contributed by atoms with Crippen molar-refractivity contribution in [2.75, 3.05) is 0 Å². The second-order valence-electron chi connectivity index (χ2n) is 3.23. The number of nitrogens with zero attached hydrogens (tertiary/aromatic N) is 2. The maximum Gasteiger partial charge on any atom is 0.213 e. The highest BCUT2D eigenvalue weighted by atomic mass is 15.4. The van der Waals surface area contributed by atoms with E-state index < -0.39 is 0 Å². The Labute approximate surface area is 72.3 Å². The second-order valence-corrected chi connectivity index (χ2v) is 3.23. The Kier molecular flexibility index (Phi) is 1.50. The molecule has 12 heavy (non-hydrogen) atoms. The molecule has 0 unspecified atom stereocenters. The van der Waals surface area contributed by atoms with Crippen LogP contribution in [0.1, 0.15) is 25.0 Å². The standard InChI is InChI=1S/C10H12N2/c1-3-8-6-4-5-7-9(8)10(2)11-12-10/h4-7H,3H2,1-2H3. The lowest BCUT2D eigenvalue weighted by Crippen LogP contribution is -2.05. The molecule has 0 spiro atoms. The van der Waals surface area contributed by atoms with E-state index in [-0.39, 0.29) is 5.66 Å². The maximum atomic E-state index is 4.04. The minimum Gasteiger partial charge on any atom is -0.154 e. The second kappa shape index (κ2) is 2.41. The van der Waals surface area contributed by atoms with Crippen LogP contribution in [-0.4, -0.2) is 0 Å². The van der Waals surface area contributed by atoms with Gasteiger partial charge in [0.25, 0.3) is 0 Å². The van der Waals surface area contributed by atoms with Crippen molar-refractivity contribution in [3.8, 4) is 0 Å². The van der Waals surface area contributed by atoms with Gasteiger partial charge in [-0.15, -0.1) is 0 Å². The minimum absolute atomic E-state index is 0.216. The first-order valence-electron chi connectivity index (χ1n) is 4.29. The lowest BCUT2D eigenvalue weighted by atomic mass is 9.97. The van der Waals surface area contributed by atoms with Crippen LogP contribution in [0.25, 0.3) is 0 Å². The van der Waals surface area contributed by atoms with Gasteiger partial charge in [0, 0.05) is 5.56 Å². The SMILES string of the molecule is CCc1ccccc1C1(C)N=N1. The van der Waals surface area contributed by atoms with E-state index in [9.17, 15) is 0 Å². The van der Waals surface area contributed by atoms with Gasteiger partial charge in [0.2, 0.25) is 5.66 Å². The van der Waals surface area contributed by atoms with Crippen molar-refractivity contribution in [1.29, 1.82) is 0 Å². The van der Waals surface area contributed by atoms with Crippen LogP contribution in [0.3, 0.4) is 0 Å². The van der Waals surface area contributed by atoms with Gasteiger partial charge >= 0.3 is 0 Å². The van der Waals surface area contributed by atoms with E-state index in [0.717, 1.165) is 6.42 Å². The topological polar surface area (TPSA) is 24.7 Å². The van der Waals surface area contributed by atoms with Crippen LogP contribution in [0.4, 0.5) is 0 Å². The molecule has 1 aliphatic heterocycles. The van der Waals surface area contributed by atoms with Gasteiger partial charge in [0.1, 0.15) is 0 Å². The normalized spacial score (nSPS) is 17.8. The van der Waals surface area contributed by atoms with Gasteiger partial charge < -0.3 is 0 Å². The van der Waals surface area contributed by atoms with E-state index in [1.165, 1.54) is 11.1 Å². The van der Waals surface area contributed by atoms with Crippen molar-refractivity contribution >= 4 is 0 Å². The average molecular weight is 160 g/mol. The molecule has 0 saturated heterocycles. The molecule has 1 aromatic carbocycles. The predicted molar refractivity (Wildman–Crippen MR) is 48.0 cm³/mol. The zero-order chi connectivity index (χ0) is 8.60. The van der Waals surface area contributed by atoms with Crippen LogP contribution in [0.2, 0.25) is 0 Å². The Balaban J connectivity index is 2.42. The Morgan fingerprint density at radius 1 is 1.25 bits per heavy atom. The van der Waals surface area contributed by atoms with Crippen LogP contribution in [0.15, 0.2) is 34.5 Å². The molecule has 0 aliphatic carbocycles. The number of rotatable bonds is 2. The van der Waals surface area contributed by atoms with Crippen LogP contribution in [0, 0.1) is 0 Å². The van der Waals surface area contributed by atoms with Crippen LogP contribution < -0.4 is 0 Å². The quantitative estimate of drug-likeness (QED) is 0.635. The summed E-state index contributed by atoms with van der Waals surface area (Å²) in [5, 5.41) is 8.08. The van der Waals surface area contributed by atoms with E-state index in [1.54, 1.807) is 0 Å². The summed E-state index contributed by atoms with van der Waals surface area (Å²) in [6, 6.07) is 8.36. The molecule has 0 aromatic heterocycles. The molecule has 0 atom stereocenters. The Bertz CT molecular complexity index is 322. The fourth-order valence-corrected chi connectivity index (χ4v) is 1.47. The lowest BCUT2D eigenvalue weighted by molar-refractivity contribution is 0.716. The zero-order valence-electron chi connectivity index (χ0n) is 7.41. The van der Waals surface area contributed by atoms with E-state index in [2.05, 4.69) is 35.4 Å². The number of hydrogen-bond acceptors (Lipinski definition) is 2. The molecule has 2 heteroatoms. The van der Waals surface area contributed by atoms with Gasteiger partial charge in [0.05, 0.1) is 0 Å². The summed E-state index contributed by atoms with van der Waals surface area (Å²) in [6.07, 6.45) is 1.05. The highest BCUT2D eigenvalue weighted by molar-refractivity contribution is 5.34. The number of hydrogen-bond donors (Lipinski definition) is 0. The number of aryl methyl sites for hydroxylation is 1. The lowest BCUT2D eigenvalue weighted by Gasteiger charge is -2.08. The summed E-state index contributed by atoms with van der Waals surface area (Å²) >= 11 is 0. The smallest absolute Gasteiger partial charge is 0.154 e. The molecule has 1 heterocycles. The average Bonchev–Trinajstić information content (AvgIpc) is 2.85. The third-order valence-corrected chi connectivity index (χ3v) is 2.31. The van der Waals surface area contributed by atoms with Crippen molar-refractivity contribution in [1.82, 2.24) is 0 Å². The van der Waals surface area contributed by atoms with Crippen molar-refractivity contribution in [3.05, 3.63) is 35.4 Å². The molecule has 0 saturated carbocycles. The van der Waals surface area contributed by atoms with Crippen LogP contribution in [-0.2, 0) is 12.1 Å². The molecular weight excluding hydrogens is 148 g/mol. The molecule has 1 aromatic rings. The third kappa shape index (κ3) is 1.04. The molecule has 0 N–H and O–H groups in total. The van der Waals surface area contributed by atoms with Crippen molar-refractivity contribution in [2.45, 2.75) is 25.9 Å². The molecule has 0 bridgehead atoms. The van der Waals surface area contributed by atoms with Crippen molar-refractivity contribution < 1.29 is 0 Å². The van der Waals surface area contributed by atoms with Gasteiger partial charge in [-0.25, -0.2) is 0 Å². The molecule has 1 aliphatic rings. The van der Waals surface area contributed by atoms with Crippen molar-refractivity contribution in [2.24, 2.45) is 10.2 Å². The molecule has 0 amide bonds. The van der Waals surface area contributed by atoms with E-state index in [1.807, 2.05) is 13.0 Å². The van der Waals surface area contributed by atoms with E-state index >= 15 is 0 Å². The summed E-state index contributed by atoms with van der Waals surface area (Å²) in [6.45, 7) is 4.20. The number of benzene rings is 1. The highest BCUT2D eigenvalue weighted by Gasteiger charge is 2.37. The third-order valence-electron chi connectivity index (χ3n) is 2.31. The minimum atomic E-state index is -0.216. The fourth-order valence-electron chi connectivity index (χ4n) is 1.47. The Morgan fingerprint density at radius 3 is 2.50 bits per heavy atom. The molecule has 0 fully saturated rings. The predicted octanol–water partition coefficient (Wildman–Crippen LogP) is 2.89. The van der Waals surface area contributed by atoms with Gasteiger partial charge in [-0.3, -0.25) is 0 Å². The first-order chi connectivity index (χ1) is 5.76. The van der Waals surface area contributed by atoms with Gasteiger partial charge in [-0.05, 0) is 18.9 Å². The summed E-state index contributed by atoms with van der Waals surface area (Å²) in [5.74, 6) is 0. The summed E-state index contributed by atoms with van der Waals surface area (Å²) in [7, 11) is 0. The molecule has 2 rings (SSSR count). The monoisotopic (exact) mass is 160 g/mol. The van der Waals surface area contributed by atoms with E-state index in [4.69, 9.17) is 0 Å². The molecular formula is C10H12N2. The molecule has 62 valence electrons. The fraction of sp³-hybridized carbons (Fsp3) is 0.400. The highest BCUT2D eigenvalue weighted by Crippen LogP contribution is 2.40. The summed E-state index contributed by atoms with van der Waals surface area (Å²) in [4.78, 5) is 0. The van der Waals surface area contributed by atoms with Gasteiger partial charge in [-0.2, -0.15) is 10.2 Å². The summed E-state index contributed by atoms with van der Waals surface area (Å²) < 4.78 is 0.